The highest BCUT2D eigenvalue weighted by molar-refractivity contribution is 5.75. The molecule has 1 atom stereocenters. The van der Waals surface area contributed by atoms with Crippen molar-refractivity contribution in [2.45, 2.75) is 52.0 Å². The van der Waals surface area contributed by atoms with Crippen LogP contribution in [0.4, 0.5) is 0 Å². The largest absolute Gasteiger partial charge is 0.383 e. The number of Topliss-reactive ketones (excluding diaryl/α,β-unsaturated/α-hetero) is 1. The van der Waals surface area contributed by atoms with E-state index in [2.05, 4.69) is 11.8 Å². The second-order valence-electron chi connectivity index (χ2n) is 5.27. The molecule has 1 fully saturated rings. The molecule has 0 bridgehead atoms. The fourth-order valence-electron chi connectivity index (χ4n) is 2.29. The predicted molar refractivity (Wildman–Crippen MR) is 70.2 cm³/mol. The molecule has 0 aromatic carbocycles. The predicted octanol–water partition coefficient (Wildman–Crippen LogP) is 2.49. The Morgan fingerprint density at radius 2 is 2.06 bits per heavy atom. The highest BCUT2D eigenvalue weighted by atomic mass is 16.5. The third-order valence-electron chi connectivity index (χ3n) is 3.69. The van der Waals surface area contributed by atoms with E-state index in [0.717, 1.165) is 44.9 Å². The summed E-state index contributed by atoms with van der Waals surface area (Å²) in [7, 11) is 1.76. The summed E-state index contributed by atoms with van der Waals surface area (Å²) in [5, 5.41) is 0. The molecule has 1 unspecified atom stereocenters. The Bertz CT molecular complexity index is 226. The average Bonchev–Trinajstić information content (AvgIpc) is 3.10. The topological polar surface area (TPSA) is 29.5 Å². The molecular weight excluding hydrogens is 214 g/mol. The Morgan fingerprint density at radius 3 is 2.59 bits per heavy atom. The van der Waals surface area contributed by atoms with Crippen LogP contribution in [0.3, 0.4) is 0 Å². The average molecular weight is 241 g/mol. The van der Waals surface area contributed by atoms with Crippen molar-refractivity contribution in [2.24, 2.45) is 5.92 Å². The molecule has 0 radical (unpaired) electrons. The maximum atomic E-state index is 10.9. The molecule has 0 spiro atoms. The van der Waals surface area contributed by atoms with Crippen molar-refractivity contribution in [3.63, 3.8) is 0 Å². The highest BCUT2D eigenvalue weighted by Crippen LogP contribution is 2.35. The maximum Gasteiger partial charge on any atom is 0.129 e. The molecule has 0 saturated heterocycles. The van der Waals surface area contributed by atoms with Crippen LogP contribution >= 0.6 is 0 Å². The number of hydrogen-bond acceptors (Lipinski definition) is 3. The molecule has 0 aliphatic heterocycles. The second-order valence-corrected chi connectivity index (χ2v) is 5.27. The van der Waals surface area contributed by atoms with Crippen LogP contribution in [-0.2, 0) is 9.53 Å². The van der Waals surface area contributed by atoms with Gasteiger partial charge in [-0.05, 0) is 52.0 Å². The summed E-state index contributed by atoms with van der Waals surface area (Å²) in [4.78, 5) is 13.4. The second kappa shape index (κ2) is 7.83. The zero-order valence-corrected chi connectivity index (χ0v) is 11.6. The summed E-state index contributed by atoms with van der Waals surface area (Å²) in [6.07, 6.45) is 5.66. The van der Waals surface area contributed by atoms with Crippen LogP contribution in [0.25, 0.3) is 0 Å². The van der Waals surface area contributed by atoms with Gasteiger partial charge in [-0.25, -0.2) is 0 Å². The zero-order chi connectivity index (χ0) is 12.7. The maximum absolute atomic E-state index is 10.9. The molecular formula is C14H27NO2. The van der Waals surface area contributed by atoms with Gasteiger partial charge in [0.15, 0.2) is 0 Å². The molecule has 3 heteroatoms. The third-order valence-corrected chi connectivity index (χ3v) is 3.69. The first-order valence-electron chi connectivity index (χ1n) is 6.87. The van der Waals surface area contributed by atoms with Gasteiger partial charge in [0.1, 0.15) is 5.78 Å². The van der Waals surface area contributed by atoms with E-state index in [1.807, 2.05) is 0 Å². The smallest absolute Gasteiger partial charge is 0.129 e. The fourth-order valence-corrected chi connectivity index (χ4v) is 2.29. The van der Waals surface area contributed by atoms with Gasteiger partial charge < -0.3 is 9.53 Å². The summed E-state index contributed by atoms with van der Waals surface area (Å²) in [6, 6.07) is 0.683. The molecule has 0 amide bonds. The zero-order valence-electron chi connectivity index (χ0n) is 11.6. The minimum atomic E-state index is 0.309. The van der Waals surface area contributed by atoms with Gasteiger partial charge >= 0.3 is 0 Å². The molecule has 17 heavy (non-hydrogen) atoms. The van der Waals surface area contributed by atoms with Gasteiger partial charge in [0.05, 0.1) is 6.61 Å². The van der Waals surface area contributed by atoms with Gasteiger partial charge in [0.25, 0.3) is 0 Å². The van der Waals surface area contributed by atoms with Crippen molar-refractivity contribution in [3.8, 4) is 0 Å². The summed E-state index contributed by atoms with van der Waals surface area (Å²) in [6.45, 7) is 6.94. The number of carbonyl (C=O) groups excluding carboxylic acids is 1. The van der Waals surface area contributed by atoms with Crippen LogP contribution < -0.4 is 0 Å². The van der Waals surface area contributed by atoms with Gasteiger partial charge in [-0.2, -0.15) is 0 Å². The molecule has 0 heterocycles. The van der Waals surface area contributed by atoms with E-state index in [1.165, 1.54) is 12.8 Å². The Hall–Kier alpha value is -0.410. The monoisotopic (exact) mass is 241 g/mol. The number of nitrogens with zero attached hydrogens (tertiary/aromatic N) is 1. The van der Waals surface area contributed by atoms with E-state index in [-0.39, 0.29) is 0 Å². The number of rotatable bonds is 10. The lowest BCUT2D eigenvalue weighted by atomic mass is 10.1. The Balaban J connectivity index is 2.21. The number of methoxy groups -OCH3 is 1. The number of ether oxygens (including phenoxy) is 1. The van der Waals surface area contributed by atoms with E-state index >= 15 is 0 Å². The molecule has 0 aromatic rings. The first kappa shape index (κ1) is 14.7. The first-order valence-corrected chi connectivity index (χ1v) is 6.87. The lowest BCUT2D eigenvalue weighted by molar-refractivity contribution is -0.117. The normalized spacial score (nSPS) is 17.4. The number of unbranched alkanes of at least 4 members (excludes halogenated alkanes) is 1. The summed E-state index contributed by atoms with van der Waals surface area (Å²) in [5.74, 6) is 1.21. The molecule has 100 valence electrons. The molecule has 0 N–H and O–H groups in total. The van der Waals surface area contributed by atoms with Crippen molar-refractivity contribution in [3.05, 3.63) is 0 Å². The lowest BCUT2D eigenvalue weighted by Crippen LogP contribution is -2.37. The molecule has 1 aliphatic rings. The van der Waals surface area contributed by atoms with Gasteiger partial charge in [0, 0.05) is 26.1 Å². The van der Waals surface area contributed by atoms with Gasteiger partial charge in [-0.15, -0.1) is 0 Å². The van der Waals surface area contributed by atoms with Crippen LogP contribution in [0.1, 0.15) is 46.0 Å². The standard InChI is InChI=1S/C14H27NO2/c1-12(16)6-4-5-9-15(10-11-17-3)13(2)14-7-8-14/h13-14H,4-11H2,1-3H3. The van der Waals surface area contributed by atoms with Crippen LogP contribution in [-0.4, -0.2) is 43.5 Å². The third kappa shape index (κ3) is 6.18. The van der Waals surface area contributed by atoms with Crippen LogP contribution in [0.5, 0.6) is 0 Å². The van der Waals surface area contributed by atoms with Crippen LogP contribution in [0.2, 0.25) is 0 Å². The number of carbonyl (C=O) groups is 1. The summed E-state index contributed by atoms with van der Waals surface area (Å²) >= 11 is 0. The van der Waals surface area contributed by atoms with E-state index in [1.54, 1.807) is 14.0 Å². The minimum Gasteiger partial charge on any atom is -0.383 e. The van der Waals surface area contributed by atoms with Crippen LogP contribution in [0, 0.1) is 5.92 Å². The summed E-state index contributed by atoms with van der Waals surface area (Å²) in [5.41, 5.74) is 0. The number of hydrogen-bond donors (Lipinski definition) is 0. The lowest BCUT2D eigenvalue weighted by Gasteiger charge is -2.29. The van der Waals surface area contributed by atoms with E-state index in [0.29, 0.717) is 11.8 Å². The Labute approximate surface area is 106 Å². The van der Waals surface area contributed by atoms with Gasteiger partial charge in [-0.1, -0.05) is 0 Å². The highest BCUT2D eigenvalue weighted by Gasteiger charge is 2.31. The van der Waals surface area contributed by atoms with Crippen molar-refractivity contribution in [2.75, 3.05) is 26.8 Å². The fraction of sp³-hybridized carbons (Fsp3) is 0.929. The SMILES string of the molecule is COCCN(CCCCC(C)=O)C(C)C1CC1. The summed E-state index contributed by atoms with van der Waals surface area (Å²) < 4.78 is 5.17. The molecule has 1 saturated carbocycles. The molecule has 1 aliphatic carbocycles. The first-order chi connectivity index (χ1) is 8.15. The van der Waals surface area contributed by atoms with Crippen molar-refractivity contribution >= 4 is 5.78 Å². The molecule has 3 nitrogen and oxygen atoms in total. The van der Waals surface area contributed by atoms with E-state index in [9.17, 15) is 4.79 Å². The van der Waals surface area contributed by atoms with Gasteiger partial charge in [-0.3, -0.25) is 4.90 Å². The van der Waals surface area contributed by atoms with Crippen molar-refractivity contribution < 1.29 is 9.53 Å². The van der Waals surface area contributed by atoms with Crippen LogP contribution in [0.15, 0.2) is 0 Å². The van der Waals surface area contributed by atoms with Crippen molar-refractivity contribution in [1.29, 1.82) is 0 Å². The Kier molecular flexibility index (Phi) is 6.75. The van der Waals surface area contributed by atoms with Gasteiger partial charge in [0.2, 0.25) is 0 Å². The Morgan fingerprint density at radius 1 is 1.35 bits per heavy atom. The van der Waals surface area contributed by atoms with Crippen molar-refractivity contribution in [1.82, 2.24) is 4.90 Å². The minimum absolute atomic E-state index is 0.309. The van der Waals surface area contributed by atoms with E-state index < -0.39 is 0 Å². The number of ketones is 1. The van der Waals surface area contributed by atoms with E-state index in [4.69, 9.17) is 4.74 Å². The molecule has 1 rings (SSSR count). The quantitative estimate of drug-likeness (QED) is 0.550. The molecule has 0 aromatic heterocycles.